The first-order valence-corrected chi connectivity index (χ1v) is 7.88. The molecule has 0 aromatic carbocycles. The molecule has 0 saturated carbocycles. The third-order valence-electron chi connectivity index (χ3n) is 3.87. The standard InChI is InChI=1S/C15H29N3O3/c1-12-11-20-8-7-17(12)9-13-10-18(6-5-16-13)14(19)21-15(2,3)4/h12-13,16H,5-11H2,1-4H3/t12-,13?/m1/s1. The minimum atomic E-state index is -0.434. The minimum Gasteiger partial charge on any atom is -0.444 e. The zero-order chi connectivity index (χ0) is 15.5. The molecule has 2 atom stereocenters. The molecule has 2 rings (SSSR count). The molecule has 2 saturated heterocycles. The van der Waals surface area contributed by atoms with E-state index in [0.29, 0.717) is 25.2 Å². The van der Waals surface area contributed by atoms with Crippen molar-refractivity contribution >= 4 is 6.09 Å². The normalized spacial score (nSPS) is 28.5. The summed E-state index contributed by atoms with van der Waals surface area (Å²) in [6, 6.07) is 0.740. The zero-order valence-corrected chi connectivity index (χ0v) is 13.7. The van der Waals surface area contributed by atoms with Gasteiger partial charge in [0.1, 0.15) is 5.60 Å². The van der Waals surface area contributed by atoms with E-state index in [4.69, 9.17) is 9.47 Å². The fraction of sp³-hybridized carbons (Fsp3) is 0.933. The lowest BCUT2D eigenvalue weighted by Gasteiger charge is -2.40. The summed E-state index contributed by atoms with van der Waals surface area (Å²) in [6.07, 6.45) is -0.205. The second-order valence-electron chi connectivity index (χ2n) is 7.00. The summed E-state index contributed by atoms with van der Waals surface area (Å²) in [4.78, 5) is 16.4. The number of piperazine rings is 1. The lowest BCUT2D eigenvalue weighted by molar-refractivity contribution is -0.0112. The van der Waals surface area contributed by atoms with Crippen LogP contribution in [0.5, 0.6) is 0 Å². The molecule has 122 valence electrons. The van der Waals surface area contributed by atoms with Crippen LogP contribution in [0.25, 0.3) is 0 Å². The molecule has 1 amide bonds. The smallest absolute Gasteiger partial charge is 0.410 e. The van der Waals surface area contributed by atoms with Gasteiger partial charge in [0.15, 0.2) is 0 Å². The van der Waals surface area contributed by atoms with Crippen LogP contribution >= 0.6 is 0 Å². The fourth-order valence-corrected chi connectivity index (χ4v) is 2.76. The van der Waals surface area contributed by atoms with Crippen molar-refractivity contribution in [3.8, 4) is 0 Å². The zero-order valence-electron chi connectivity index (χ0n) is 13.7. The van der Waals surface area contributed by atoms with Crippen molar-refractivity contribution in [1.82, 2.24) is 15.1 Å². The Morgan fingerprint density at radius 1 is 1.38 bits per heavy atom. The van der Waals surface area contributed by atoms with E-state index in [1.165, 1.54) is 0 Å². The molecule has 0 aromatic rings. The Bertz CT molecular complexity index is 357. The second-order valence-corrected chi connectivity index (χ2v) is 7.00. The van der Waals surface area contributed by atoms with Crippen LogP contribution in [0.2, 0.25) is 0 Å². The third-order valence-corrected chi connectivity index (χ3v) is 3.87. The van der Waals surface area contributed by atoms with Gasteiger partial charge in [-0.25, -0.2) is 4.79 Å². The van der Waals surface area contributed by atoms with E-state index in [-0.39, 0.29) is 6.09 Å². The molecule has 0 aliphatic carbocycles. The van der Waals surface area contributed by atoms with Gasteiger partial charge < -0.3 is 19.7 Å². The van der Waals surface area contributed by atoms with Crippen molar-refractivity contribution in [3.05, 3.63) is 0 Å². The summed E-state index contributed by atoms with van der Waals surface area (Å²) in [5, 5.41) is 3.50. The molecule has 0 bridgehead atoms. The summed E-state index contributed by atoms with van der Waals surface area (Å²) in [6.45, 7) is 13.6. The van der Waals surface area contributed by atoms with E-state index >= 15 is 0 Å². The predicted molar refractivity (Wildman–Crippen MR) is 81.5 cm³/mol. The van der Waals surface area contributed by atoms with E-state index in [1.807, 2.05) is 25.7 Å². The number of ether oxygens (including phenoxy) is 2. The highest BCUT2D eigenvalue weighted by atomic mass is 16.6. The number of nitrogens with zero attached hydrogens (tertiary/aromatic N) is 2. The Labute approximate surface area is 127 Å². The van der Waals surface area contributed by atoms with Gasteiger partial charge in [0.2, 0.25) is 0 Å². The van der Waals surface area contributed by atoms with Gasteiger partial charge in [0, 0.05) is 44.8 Å². The van der Waals surface area contributed by atoms with Gasteiger partial charge in [-0.2, -0.15) is 0 Å². The molecule has 2 fully saturated rings. The molecule has 6 heteroatoms. The summed E-state index contributed by atoms with van der Waals surface area (Å²) < 4.78 is 10.9. The number of nitrogens with one attached hydrogen (secondary N) is 1. The Hall–Kier alpha value is -0.850. The number of morpholine rings is 1. The third kappa shape index (κ3) is 5.13. The minimum absolute atomic E-state index is 0.205. The monoisotopic (exact) mass is 299 g/mol. The molecule has 0 spiro atoms. The molecule has 0 aromatic heterocycles. The van der Waals surface area contributed by atoms with Crippen LogP contribution in [-0.4, -0.2) is 79.5 Å². The van der Waals surface area contributed by atoms with Gasteiger partial charge in [-0.3, -0.25) is 4.90 Å². The van der Waals surface area contributed by atoms with E-state index in [2.05, 4.69) is 17.1 Å². The maximum Gasteiger partial charge on any atom is 0.410 e. The van der Waals surface area contributed by atoms with Gasteiger partial charge in [0.25, 0.3) is 0 Å². The van der Waals surface area contributed by atoms with Crippen LogP contribution in [0.1, 0.15) is 27.7 Å². The lowest BCUT2D eigenvalue weighted by atomic mass is 10.1. The van der Waals surface area contributed by atoms with Crippen molar-refractivity contribution in [2.45, 2.75) is 45.4 Å². The van der Waals surface area contributed by atoms with Gasteiger partial charge in [-0.1, -0.05) is 0 Å². The van der Waals surface area contributed by atoms with Crippen LogP contribution in [-0.2, 0) is 9.47 Å². The van der Waals surface area contributed by atoms with Crippen LogP contribution in [0, 0.1) is 0 Å². The SMILES string of the molecule is C[C@@H]1COCCN1CC1CN(C(=O)OC(C)(C)C)CCN1. The maximum atomic E-state index is 12.2. The van der Waals surface area contributed by atoms with E-state index in [1.54, 1.807) is 0 Å². The highest BCUT2D eigenvalue weighted by molar-refractivity contribution is 5.68. The molecule has 2 aliphatic rings. The number of amides is 1. The van der Waals surface area contributed by atoms with Crippen LogP contribution < -0.4 is 5.32 Å². The lowest BCUT2D eigenvalue weighted by Crippen LogP contribution is -2.59. The topological polar surface area (TPSA) is 54.0 Å². The summed E-state index contributed by atoms with van der Waals surface area (Å²) in [5.74, 6) is 0. The van der Waals surface area contributed by atoms with Gasteiger partial charge in [-0.05, 0) is 27.7 Å². The van der Waals surface area contributed by atoms with Crippen molar-refractivity contribution in [1.29, 1.82) is 0 Å². The van der Waals surface area contributed by atoms with E-state index < -0.39 is 5.60 Å². The number of hydrogen-bond acceptors (Lipinski definition) is 5. The van der Waals surface area contributed by atoms with Crippen molar-refractivity contribution < 1.29 is 14.3 Å². The molecular formula is C15H29N3O3. The van der Waals surface area contributed by atoms with Crippen molar-refractivity contribution in [2.24, 2.45) is 0 Å². The van der Waals surface area contributed by atoms with Gasteiger partial charge >= 0.3 is 6.09 Å². The maximum absolute atomic E-state index is 12.2. The van der Waals surface area contributed by atoms with Crippen molar-refractivity contribution in [2.75, 3.05) is 45.9 Å². The highest BCUT2D eigenvalue weighted by Gasteiger charge is 2.29. The Morgan fingerprint density at radius 2 is 2.14 bits per heavy atom. The number of hydrogen-bond donors (Lipinski definition) is 1. The Balaban J connectivity index is 1.84. The molecule has 1 unspecified atom stereocenters. The molecule has 2 heterocycles. The molecule has 21 heavy (non-hydrogen) atoms. The molecule has 6 nitrogen and oxygen atoms in total. The second kappa shape index (κ2) is 6.94. The molecule has 2 aliphatic heterocycles. The van der Waals surface area contributed by atoms with E-state index in [0.717, 1.165) is 32.8 Å². The number of rotatable bonds is 2. The molecule has 1 N–H and O–H groups in total. The van der Waals surface area contributed by atoms with Crippen LogP contribution in [0.3, 0.4) is 0 Å². The Kier molecular flexibility index (Phi) is 5.46. The van der Waals surface area contributed by atoms with Crippen LogP contribution in [0.4, 0.5) is 4.79 Å². The first kappa shape index (κ1) is 16.5. The van der Waals surface area contributed by atoms with Crippen LogP contribution in [0.15, 0.2) is 0 Å². The fourth-order valence-electron chi connectivity index (χ4n) is 2.76. The number of carbonyl (C=O) groups is 1. The first-order valence-electron chi connectivity index (χ1n) is 7.88. The van der Waals surface area contributed by atoms with Crippen molar-refractivity contribution in [3.63, 3.8) is 0 Å². The summed E-state index contributed by atoms with van der Waals surface area (Å²) in [5.41, 5.74) is -0.434. The molecular weight excluding hydrogens is 270 g/mol. The molecule has 0 radical (unpaired) electrons. The number of carbonyl (C=O) groups excluding carboxylic acids is 1. The largest absolute Gasteiger partial charge is 0.444 e. The van der Waals surface area contributed by atoms with E-state index in [9.17, 15) is 4.79 Å². The highest BCUT2D eigenvalue weighted by Crippen LogP contribution is 2.13. The predicted octanol–water partition coefficient (Wildman–Crippen LogP) is 0.916. The van der Waals surface area contributed by atoms with Gasteiger partial charge in [-0.15, -0.1) is 0 Å². The Morgan fingerprint density at radius 3 is 2.81 bits per heavy atom. The average molecular weight is 299 g/mol. The average Bonchev–Trinajstić information content (AvgIpc) is 2.40. The quantitative estimate of drug-likeness (QED) is 0.821. The van der Waals surface area contributed by atoms with Gasteiger partial charge in [0.05, 0.1) is 13.2 Å². The summed E-state index contributed by atoms with van der Waals surface area (Å²) in [7, 11) is 0. The first-order chi connectivity index (χ1) is 9.85. The summed E-state index contributed by atoms with van der Waals surface area (Å²) >= 11 is 0.